The van der Waals surface area contributed by atoms with Gasteiger partial charge in [-0.15, -0.1) is 0 Å². The molecule has 0 aromatic heterocycles. The molecular weight excluding hydrogens is 244 g/mol. The lowest BCUT2D eigenvalue weighted by Gasteiger charge is -2.26. The van der Waals surface area contributed by atoms with Gasteiger partial charge < -0.3 is 5.32 Å². The molecule has 0 bridgehead atoms. The lowest BCUT2D eigenvalue weighted by molar-refractivity contribution is 0.512. The van der Waals surface area contributed by atoms with Crippen LogP contribution >= 0.6 is 11.6 Å². The number of nitrogens with zero attached hydrogens (tertiary/aromatic N) is 1. The molecular formula is C15H19ClN2. The van der Waals surface area contributed by atoms with E-state index < -0.39 is 0 Å². The van der Waals surface area contributed by atoms with Gasteiger partial charge in [-0.2, -0.15) is 0 Å². The van der Waals surface area contributed by atoms with Crippen LogP contribution in [0.2, 0.25) is 5.02 Å². The van der Waals surface area contributed by atoms with Gasteiger partial charge in [0.05, 0.1) is 0 Å². The molecule has 0 atom stereocenters. The molecule has 0 saturated heterocycles. The highest BCUT2D eigenvalue weighted by Crippen LogP contribution is 2.22. The van der Waals surface area contributed by atoms with Crippen LogP contribution < -0.4 is 5.32 Å². The topological polar surface area (TPSA) is 24.4 Å². The van der Waals surface area contributed by atoms with Crippen LogP contribution in [-0.4, -0.2) is 17.9 Å². The lowest BCUT2D eigenvalue weighted by Crippen LogP contribution is -2.41. The number of nitrogens with one attached hydrogen (secondary N) is 1. The third-order valence-electron chi connectivity index (χ3n) is 2.65. The average Bonchev–Trinajstić information content (AvgIpc) is 2.29. The normalized spacial score (nSPS) is 16.0. The minimum Gasteiger partial charge on any atom is -0.365 e. The number of hydrogen-bond acceptors (Lipinski definition) is 2. The van der Waals surface area contributed by atoms with E-state index in [0.29, 0.717) is 0 Å². The molecule has 0 unspecified atom stereocenters. The van der Waals surface area contributed by atoms with E-state index in [1.807, 2.05) is 24.3 Å². The highest BCUT2D eigenvalue weighted by molar-refractivity contribution is 6.30. The Kier molecular flexibility index (Phi) is 3.76. The Morgan fingerprint density at radius 1 is 1.17 bits per heavy atom. The van der Waals surface area contributed by atoms with E-state index >= 15 is 0 Å². The summed E-state index contributed by atoms with van der Waals surface area (Å²) in [5, 5.41) is 4.23. The van der Waals surface area contributed by atoms with Crippen molar-refractivity contribution in [2.75, 3.05) is 6.54 Å². The fourth-order valence-corrected chi connectivity index (χ4v) is 2.04. The van der Waals surface area contributed by atoms with Crippen LogP contribution in [-0.2, 0) is 0 Å². The first kappa shape index (κ1) is 13.2. The van der Waals surface area contributed by atoms with Gasteiger partial charge in [0.1, 0.15) is 5.84 Å². The summed E-state index contributed by atoms with van der Waals surface area (Å²) in [5.41, 5.74) is 2.35. The molecule has 1 N–H and O–H groups in total. The van der Waals surface area contributed by atoms with Gasteiger partial charge in [-0.25, -0.2) is 0 Å². The van der Waals surface area contributed by atoms with Crippen molar-refractivity contribution < 1.29 is 0 Å². The van der Waals surface area contributed by atoms with Crippen molar-refractivity contribution in [1.29, 1.82) is 0 Å². The summed E-state index contributed by atoms with van der Waals surface area (Å²) < 4.78 is 0. The summed E-state index contributed by atoms with van der Waals surface area (Å²) in [5.74, 6) is 0.982. The first-order valence-electron chi connectivity index (χ1n) is 6.25. The minimum atomic E-state index is 0.0156. The highest BCUT2D eigenvalue weighted by atomic mass is 35.5. The predicted molar refractivity (Wildman–Crippen MR) is 79.2 cm³/mol. The molecule has 0 aliphatic carbocycles. The average molecular weight is 263 g/mol. The third kappa shape index (κ3) is 3.36. The number of dihydropyridines is 1. The van der Waals surface area contributed by atoms with Gasteiger partial charge in [0, 0.05) is 22.7 Å². The lowest BCUT2D eigenvalue weighted by atomic mass is 9.99. The Morgan fingerprint density at radius 2 is 1.83 bits per heavy atom. The number of aliphatic imine (C=N–C) groups is 1. The molecule has 0 saturated carbocycles. The second kappa shape index (κ2) is 5.15. The highest BCUT2D eigenvalue weighted by Gasteiger charge is 2.18. The second-order valence-electron chi connectivity index (χ2n) is 5.52. The number of hydrogen-bond donors (Lipinski definition) is 1. The Balaban J connectivity index is 2.27. The molecule has 1 aliphatic heterocycles. The molecule has 1 aliphatic rings. The molecule has 2 rings (SSSR count). The molecule has 0 radical (unpaired) electrons. The summed E-state index contributed by atoms with van der Waals surface area (Å²) in [6.07, 6.45) is 3.23. The van der Waals surface area contributed by atoms with Gasteiger partial charge in [0.15, 0.2) is 0 Å². The first-order chi connectivity index (χ1) is 8.46. The smallest absolute Gasteiger partial charge is 0.128 e. The van der Waals surface area contributed by atoms with E-state index in [1.54, 1.807) is 0 Å². The summed E-state index contributed by atoms with van der Waals surface area (Å²) in [6, 6.07) is 7.92. The van der Waals surface area contributed by atoms with E-state index in [9.17, 15) is 0 Å². The summed E-state index contributed by atoms with van der Waals surface area (Å²) in [6.45, 7) is 7.28. The van der Waals surface area contributed by atoms with Crippen LogP contribution in [0.25, 0.3) is 5.57 Å². The van der Waals surface area contributed by atoms with E-state index in [-0.39, 0.29) is 5.54 Å². The molecule has 1 aromatic rings. The quantitative estimate of drug-likeness (QED) is 0.815. The zero-order valence-electron chi connectivity index (χ0n) is 11.1. The van der Waals surface area contributed by atoms with Crippen molar-refractivity contribution in [1.82, 2.24) is 5.32 Å². The molecule has 0 fully saturated rings. The van der Waals surface area contributed by atoms with Crippen LogP contribution in [0.15, 0.2) is 35.3 Å². The molecule has 0 amide bonds. The molecule has 0 spiro atoms. The van der Waals surface area contributed by atoms with Gasteiger partial charge in [-0.05, 0) is 44.9 Å². The Hall–Kier alpha value is -1.28. The molecule has 1 heterocycles. The maximum Gasteiger partial charge on any atom is 0.128 e. The summed E-state index contributed by atoms with van der Waals surface area (Å²) >= 11 is 5.93. The zero-order valence-corrected chi connectivity index (χ0v) is 11.9. The molecule has 1 aromatic carbocycles. The van der Waals surface area contributed by atoms with E-state index in [1.165, 1.54) is 5.57 Å². The minimum absolute atomic E-state index is 0.0156. The van der Waals surface area contributed by atoms with Crippen molar-refractivity contribution in [3.8, 4) is 0 Å². The summed E-state index contributed by atoms with van der Waals surface area (Å²) in [7, 11) is 0. The van der Waals surface area contributed by atoms with Crippen molar-refractivity contribution in [2.24, 2.45) is 4.99 Å². The largest absolute Gasteiger partial charge is 0.365 e. The molecule has 2 nitrogen and oxygen atoms in total. The van der Waals surface area contributed by atoms with Crippen LogP contribution in [0.5, 0.6) is 0 Å². The predicted octanol–water partition coefficient (Wildman–Crippen LogP) is 3.91. The fraction of sp³-hybridized carbons (Fsp3) is 0.400. The van der Waals surface area contributed by atoms with Gasteiger partial charge in [0.2, 0.25) is 0 Å². The van der Waals surface area contributed by atoms with E-state index in [2.05, 4.69) is 37.2 Å². The van der Waals surface area contributed by atoms with Crippen LogP contribution in [0.1, 0.15) is 32.8 Å². The van der Waals surface area contributed by atoms with Gasteiger partial charge in [-0.1, -0.05) is 29.8 Å². The summed E-state index contributed by atoms with van der Waals surface area (Å²) in [4.78, 5) is 4.60. The fourth-order valence-electron chi connectivity index (χ4n) is 1.91. The Bertz CT molecular complexity index is 478. The van der Waals surface area contributed by atoms with E-state index in [0.717, 1.165) is 29.4 Å². The number of benzene rings is 1. The number of halogens is 1. The van der Waals surface area contributed by atoms with Crippen LogP contribution in [0.4, 0.5) is 0 Å². The monoisotopic (exact) mass is 262 g/mol. The van der Waals surface area contributed by atoms with Gasteiger partial charge in [0.25, 0.3) is 0 Å². The van der Waals surface area contributed by atoms with Crippen molar-refractivity contribution in [3.63, 3.8) is 0 Å². The van der Waals surface area contributed by atoms with Gasteiger partial charge >= 0.3 is 0 Å². The van der Waals surface area contributed by atoms with Crippen molar-refractivity contribution >= 4 is 23.0 Å². The second-order valence-corrected chi connectivity index (χ2v) is 5.96. The number of rotatable bonds is 1. The zero-order chi connectivity index (χ0) is 13.2. The maximum atomic E-state index is 5.93. The standard InChI is InChI=1S/C15H19ClN2/c1-15(2,3)18-14-13(5-4-10-17-14)11-6-8-12(16)9-7-11/h5-9H,4,10H2,1-3H3,(H,17,18). The van der Waals surface area contributed by atoms with E-state index in [4.69, 9.17) is 11.6 Å². The van der Waals surface area contributed by atoms with Crippen molar-refractivity contribution in [2.45, 2.75) is 32.7 Å². The SMILES string of the molecule is CC(C)(C)NC1=NCCC=C1c1ccc(Cl)cc1. The molecule has 18 heavy (non-hydrogen) atoms. The Morgan fingerprint density at radius 3 is 2.44 bits per heavy atom. The Labute approximate surface area is 114 Å². The maximum absolute atomic E-state index is 5.93. The van der Waals surface area contributed by atoms with Gasteiger partial charge in [-0.3, -0.25) is 4.99 Å². The first-order valence-corrected chi connectivity index (χ1v) is 6.63. The van der Waals surface area contributed by atoms with Crippen LogP contribution in [0, 0.1) is 0 Å². The van der Waals surface area contributed by atoms with Crippen LogP contribution in [0.3, 0.4) is 0 Å². The number of amidine groups is 1. The molecule has 3 heteroatoms. The molecule has 96 valence electrons. The van der Waals surface area contributed by atoms with Crippen molar-refractivity contribution in [3.05, 3.63) is 40.9 Å². The third-order valence-corrected chi connectivity index (χ3v) is 2.90.